The Kier molecular flexibility index (Phi) is 8.55. The van der Waals surface area contributed by atoms with Crippen molar-refractivity contribution in [1.82, 2.24) is 15.1 Å². The maximum Gasteiger partial charge on any atom is 0.416 e. The molecular formula is C29H37F3N4O2. The van der Waals surface area contributed by atoms with Gasteiger partial charge in [0.15, 0.2) is 0 Å². The maximum absolute atomic E-state index is 13.7. The van der Waals surface area contributed by atoms with Gasteiger partial charge >= 0.3 is 6.18 Å². The van der Waals surface area contributed by atoms with Crippen LogP contribution in [0.5, 0.6) is 0 Å². The molecule has 9 heteroatoms. The van der Waals surface area contributed by atoms with Crippen LogP contribution in [0.25, 0.3) is 0 Å². The molecule has 206 valence electrons. The summed E-state index contributed by atoms with van der Waals surface area (Å²) in [5.41, 5.74) is 2.87. The molecule has 1 atom stereocenters. The Morgan fingerprint density at radius 3 is 2.76 bits per heavy atom. The van der Waals surface area contributed by atoms with E-state index < -0.39 is 11.7 Å². The number of morpholine rings is 1. The number of nitrogens with one attached hydrogen (secondary N) is 2. The van der Waals surface area contributed by atoms with E-state index in [1.54, 1.807) is 6.07 Å². The molecule has 0 bridgehead atoms. The zero-order chi connectivity index (χ0) is 26.5. The number of benzene rings is 2. The van der Waals surface area contributed by atoms with Crippen LogP contribution in [0.3, 0.4) is 0 Å². The van der Waals surface area contributed by atoms with Crippen molar-refractivity contribution in [2.24, 2.45) is 5.92 Å². The van der Waals surface area contributed by atoms with Crippen molar-refractivity contribution < 1.29 is 22.7 Å². The Balaban J connectivity index is 1.26. The highest BCUT2D eigenvalue weighted by atomic mass is 19.4. The molecular weight excluding hydrogens is 493 g/mol. The summed E-state index contributed by atoms with van der Waals surface area (Å²) in [4.78, 5) is 17.5. The van der Waals surface area contributed by atoms with E-state index in [1.807, 2.05) is 12.1 Å². The van der Waals surface area contributed by atoms with Crippen LogP contribution in [-0.4, -0.2) is 67.7 Å². The van der Waals surface area contributed by atoms with Crippen LogP contribution in [0.2, 0.25) is 0 Å². The number of carbonyl (C=O) groups excluding carboxylic acids is 1. The van der Waals surface area contributed by atoms with Crippen molar-refractivity contribution in [3.05, 3.63) is 64.7 Å². The highest BCUT2D eigenvalue weighted by Crippen LogP contribution is 2.34. The van der Waals surface area contributed by atoms with E-state index >= 15 is 0 Å². The summed E-state index contributed by atoms with van der Waals surface area (Å²) < 4.78 is 46.7. The predicted octanol–water partition coefficient (Wildman–Crippen LogP) is 4.29. The summed E-state index contributed by atoms with van der Waals surface area (Å²) >= 11 is 0. The molecule has 2 N–H and O–H groups in total. The first-order chi connectivity index (χ1) is 18.4. The highest BCUT2D eigenvalue weighted by molar-refractivity contribution is 5.81. The molecule has 0 aromatic heterocycles. The molecule has 1 aliphatic carbocycles. The second-order valence-corrected chi connectivity index (χ2v) is 10.7. The number of hydrogen-bond acceptors (Lipinski definition) is 5. The molecule has 1 amide bonds. The minimum atomic E-state index is -4.48. The van der Waals surface area contributed by atoms with Gasteiger partial charge < -0.3 is 20.3 Å². The minimum absolute atomic E-state index is 0.0280. The van der Waals surface area contributed by atoms with E-state index in [0.717, 1.165) is 50.3 Å². The Hall–Kier alpha value is -2.62. The van der Waals surface area contributed by atoms with E-state index in [0.29, 0.717) is 26.1 Å². The molecule has 3 aliphatic rings. The molecule has 0 spiro atoms. The van der Waals surface area contributed by atoms with Crippen molar-refractivity contribution in [1.29, 1.82) is 0 Å². The first-order valence-electron chi connectivity index (χ1n) is 13.7. The zero-order valence-corrected chi connectivity index (χ0v) is 21.7. The lowest BCUT2D eigenvalue weighted by Gasteiger charge is -2.31. The van der Waals surface area contributed by atoms with Crippen LogP contribution in [0, 0.1) is 5.92 Å². The van der Waals surface area contributed by atoms with Crippen LogP contribution < -0.4 is 10.6 Å². The highest BCUT2D eigenvalue weighted by Gasteiger charge is 2.34. The summed E-state index contributed by atoms with van der Waals surface area (Å²) in [6.07, 6.45) is -0.389. The van der Waals surface area contributed by atoms with Crippen molar-refractivity contribution >= 4 is 11.6 Å². The number of amides is 1. The minimum Gasteiger partial charge on any atom is -0.376 e. The Labute approximate surface area is 222 Å². The Morgan fingerprint density at radius 2 is 2.00 bits per heavy atom. The first kappa shape index (κ1) is 27.0. The molecule has 2 fully saturated rings. The zero-order valence-electron chi connectivity index (χ0n) is 21.7. The number of hydrogen-bond donors (Lipinski definition) is 2. The quantitative estimate of drug-likeness (QED) is 0.480. The normalized spacial score (nSPS) is 20.1. The SMILES string of the molecule is O=C(CNc1cccc2c1CCN(CC1CC1)C2)N(CCC1CNCCO1)Cc1ccccc1C(F)(F)F. The van der Waals surface area contributed by atoms with Crippen LogP contribution in [0.1, 0.15) is 41.5 Å². The predicted molar refractivity (Wildman–Crippen MR) is 141 cm³/mol. The number of ether oxygens (including phenoxy) is 1. The van der Waals surface area contributed by atoms with E-state index in [9.17, 15) is 18.0 Å². The van der Waals surface area contributed by atoms with Crippen molar-refractivity contribution in [3.63, 3.8) is 0 Å². The molecule has 2 heterocycles. The van der Waals surface area contributed by atoms with Crippen molar-refractivity contribution in [2.75, 3.05) is 51.2 Å². The number of carbonyl (C=O) groups is 1. The number of rotatable bonds is 10. The number of anilines is 1. The lowest BCUT2D eigenvalue weighted by molar-refractivity contribution is -0.139. The summed E-state index contributed by atoms with van der Waals surface area (Å²) in [6, 6.07) is 11.7. The van der Waals surface area contributed by atoms with Gasteiger partial charge in [0.05, 0.1) is 24.8 Å². The number of fused-ring (bicyclic) bond motifs is 1. The third kappa shape index (κ3) is 7.07. The average molecular weight is 531 g/mol. The number of halogens is 3. The molecule has 2 aliphatic heterocycles. The van der Waals surface area contributed by atoms with Gasteiger partial charge in [0.25, 0.3) is 0 Å². The van der Waals surface area contributed by atoms with Gasteiger partial charge in [-0.3, -0.25) is 9.69 Å². The summed E-state index contributed by atoms with van der Waals surface area (Å²) in [5, 5.41) is 6.58. The fourth-order valence-electron chi connectivity index (χ4n) is 5.47. The van der Waals surface area contributed by atoms with Crippen LogP contribution in [0.4, 0.5) is 18.9 Å². The third-order valence-electron chi connectivity index (χ3n) is 7.75. The topological polar surface area (TPSA) is 56.8 Å². The summed E-state index contributed by atoms with van der Waals surface area (Å²) in [5.74, 6) is 0.619. The first-order valence-corrected chi connectivity index (χ1v) is 13.7. The number of nitrogens with zero attached hydrogens (tertiary/aromatic N) is 2. The molecule has 1 saturated heterocycles. The van der Waals surface area contributed by atoms with Gasteiger partial charge in [-0.15, -0.1) is 0 Å². The lowest BCUT2D eigenvalue weighted by Crippen LogP contribution is -2.42. The second-order valence-electron chi connectivity index (χ2n) is 10.7. The lowest BCUT2D eigenvalue weighted by atomic mass is 9.97. The van der Waals surface area contributed by atoms with Gasteiger partial charge in [0.2, 0.25) is 5.91 Å². The molecule has 0 radical (unpaired) electrons. The number of alkyl halides is 3. The van der Waals surface area contributed by atoms with Crippen LogP contribution in [0.15, 0.2) is 42.5 Å². The molecule has 1 unspecified atom stereocenters. The van der Waals surface area contributed by atoms with E-state index in [1.165, 1.54) is 41.0 Å². The van der Waals surface area contributed by atoms with Gasteiger partial charge in [0.1, 0.15) is 0 Å². The molecule has 2 aromatic carbocycles. The fraction of sp³-hybridized carbons (Fsp3) is 0.552. The fourth-order valence-corrected chi connectivity index (χ4v) is 5.47. The molecule has 5 rings (SSSR count). The van der Waals surface area contributed by atoms with Gasteiger partial charge in [-0.1, -0.05) is 30.3 Å². The molecule has 1 saturated carbocycles. The van der Waals surface area contributed by atoms with Crippen molar-refractivity contribution in [2.45, 2.75) is 51.1 Å². The van der Waals surface area contributed by atoms with Crippen LogP contribution >= 0.6 is 0 Å². The van der Waals surface area contributed by atoms with E-state index in [2.05, 4.69) is 21.6 Å². The Bertz CT molecular complexity index is 1100. The monoisotopic (exact) mass is 530 g/mol. The van der Waals surface area contributed by atoms with E-state index in [-0.39, 0.29) is 30.7 Å². The molecule has 2 aromatic rings. The van der Waals surface area contributed by atoms with Crippen LogP contribution in [-0.2, 0) is 35.2 Å². The third-order valence-corrected chi connectivity index (χ3v) is 7.75. The molecule has 38 heavy (non-hydrogen) atoms. The Morgan fingerprint density at radius 1 is 1.16 bits per heavy atom. The smallest absolute Gasteiger partial charge is 0.376 e. The summed E-state index contributed by atoms with van der Waals surface area (Å²) in [6.45, 7) is 5.38. The molecule has 6 nitrogen and oxygen atoms in total. The maximum atomic E-state index is 13.7. The van der Waals surface area contributed by atoms with Gasteiger partial charge in [0, 0.05) is 51.5 Å². The van der Waals surface area contributed by atoms with Gasteiger partial charge in [-0.25, -0.2) is 0 Å². The standard InChI is InChI=1S/C29H37F3N4O2/c30-29(31,32)26-6-2-1-4-23(26)20-36(14-10-24-16-33-12-15-38-24)28(37)17-34-27-7-3-5-22-19-35(13-11-25(22)27)18-21-8-9-21/h1-7,21,24,33-34H,8-20H2. The van der Waals surface area contributed by atoms with E-state index in [4.69, 9.17) is 4.74 Å². The summed E-state index contributed by atoms with van der Waals surface area (Å²) in [7, 11) is 0. The van der Waals surface area contributed by atoms with Crippen molar-refractivity contribution in [3.8, 4) is 0 Å². The average Bonchev–Trinajstić information content (AvgIpc) is 3.73. The van der Waals surface area contributed by atoms with Gasteiger partial charge in [-0.2, -0.15) is 13.2 Å². The largest absolute Gasteiger partial charge is 0.416 e. The second kappa shape index (κ2) is 12.1. The van der Waals surface area contributed by atoms with Gasteiger partial charge in [-0.05, 0) is 60.4 Å².